The molecule has 0 atom stereocenters. The number of nitrogens with zero attached hydrogens (tertiary/aromatic N) is 1. The molecule has 0 bridgehead atoms. The van der Waals surface area contributed by atoms with Crippen molar-refractivity contribution in [3.05, 3.63) is 10.0 Å². The Kier molecular flexibility index (Phi) is 5.17. The molecule has 1 rings (SSSR count). The standard InChI is InChI=1S/C9H12ClN3O3S/c1-11-5(14)3-4-12-9-13-7(10)6(17-9)8(15)16-2/h3-4H2,1-2H3,(H,11,14)(H,12,13). The zero-order valence-electron chi connectivity index (χ0n) is 9.37. The maximum absolute atomic E-state index is 11.2. The van der Waals surface area contributed by atoms with Crippen molar-refractivity contribution in [1.82, 2.24) is 10.3 Å². The van der Waals surface area contributed by atoms with Crippen LogP contribution in [0.4, 0.5) is 5.13 Å². The van der Waals surface area contributed by atoms with E-state index in [-0.39, 0.29) is 15.9 Å². The molecule has 0 aromatic carbocycles. The number of carbonyl (C=O) groups is 2. The highest BCUT2D eigenvalue weighted by Crippen LogP contribution is 2.27. The molecule has 6 nitrogen and oxygen atoms in total. The van der Waals surface area contributed by atoms with E-state index in [4.69, 9.17) is 11.6 Å². The predicted molar refractivity (Wildman–Crippen MR) is 65.6 cm³/mol. The van der Waals surface area contributed by atoms with Crippen molar-refractivity contribution in [2.45, 2.75) is 6.42 Å². The first-order valence-corrected chi connectivity index (χ1v) is 5.97. The lowest BCUT2D eigenvalue weighted by atomic mass is 10.4. The van der Waals surface area contributed by atoms with Crippen LogP contribution in [-0.2, 0) is 9.53 Å². The molecule has 1 aromatic heterocycles. The minimum atomic E-state index is -0.521. The van der Waals surface area contributed by atoms with Crippen LogP contribution >= 0.6 is 22.9 Å². The van der Waals surface area contributed by atoms with Gasteiger partial charge < -0.3 is 15.4 Å². The highest BCUT2D eigenvalue weighted by atomic mass is 35.5. The second kappa shape index (κ2) is 6.41. The summed E-state index contributed by atoms with van der Waals surface area (Å²) in [5.41, 5.74) is 0. The fourth-order valence-electron chi connectivity index (χ4n) is 1.00. The molecule has 1 amide bonds. The van der Waals surface area contributed by atoms with Crippen LogP contribution in [0.3, 0.4) is 0 Å². The van der Waals surface area contributed by atoms with Crippen LogP contribution in [0.15, 0.2) is 0 Å². The summed E-state index contributed by atoms with van der Waals surface area (Å²) >= 11 is 6.86. The van der Waals surface area contributed by atoms with E-state index in [1.165, 1.54) is 7.11 Å². The molecule has 0 saturated heterocycles. The first-order valence-electron chi connectivity index (χ1n) is 4.77. The fourth-order valence-corrected chi connectivity index (χ4v) is 2.13. The highest BCUT2D eigenvalue weighted by Gasteiger charge is 2.17. The number of thiazole rings is 1. The van der Waals surface area contributed by atoms with Crippen LogP contribution in [0.1, 0.15) is 16.1 Å². The molecule has 1 aromatic rings. The van der Waals surface area contributed by atoms with Crippen molar-refractivity contribution in [3.8, 4) is 0 Å². The smallest absolute Gasteiger partial charge is 0.351 e. The van der Waals surface area contributed by atoms with Crippen molar-refractivity contribution in [3.63, 3.8) is 0 Å². The Balaban J connectivity index is 2.56. The number of carbonyl (C=O) groups excluding carboxylic acids is 2. The van der Waals surface area contributed by atoms with Gasteiger partial charge in [0.05, 0.1) is 7.11 Å². The van der Waals surface area contributed by atoms with E-state index >= 15 is 0 Å². The molecule has 0 saturated carbocycles. The number of esters is 1. The van der Waals surface area contributed by atoms with Crippen LogP contribution in [0.25, 0.3) is 0 Å². The van der Waals surface area contributed by atoms with Crippen LogP contribution in [-0.4, -0.2) is 37.6 Å². The first-order chi connectivity index (χ1) is 8.08. The van der Waals surface area contributed by atoms with Crippen LogP contribution < -0.4 is 10.6 Å². The van der Waals surface area contributed by atoms with Crippen molar-refractivity contribution < 1.29 is 14.3 Å². The summed E-state index contributed by atoms with van der Waals surface area (Å²) in [6.07, 6.45) is 0.321. The van der Waals surface area contributed by atoms with E-state index in [1.54, 1.807) is 7.05 Å². The molecule has 0 fully saturated rings. The van der Waals surface area contributed by atoms with Gasteiger partial charge >= 0.3 is 5.97 Å². The number of rotatable bonds is 5. The van der Waals surface area contributed by atoms with Gasteiger partial charge in [0.2, 0.25) is 5.91 Å². The lowest BCUT2D eigenvalue weighted by Crippen LogP contribution is -2.20. The lowest BCUT2D eigenvalue weighted by molar-refractivity contribution is -0.120. The first kappa shape index (κ1) is 13.7. The number of anilines is 1. The zero-order chi connectivity index (χ0) is 12.8. The van der Waals surface area contributed by atoms with E-state index in [2.05, 4.69) is 20.4 Å². The topological polar surface area (TPSA) is 80.3 Å². The molecule has 2 N–H and O–H groups in total. The van der Waals surface area contributed by atoms with Gasteiger partial charge in [-0.2, -0.15) is 0 Å². The van der Waals surface area contributed by atoms with E-state index in [9.17, 15) is 9.59 Å². The predicted octanol–water partition coefficient (Wildman–Crippen LogP) is 1.13. The number of halogens is 1. The Morgan fingerprint density at radius 2 is 2.24 bits per heavy atom. The van der Waals surface area contributed by atoms with Gasteiger partial charge in [0, 0.05) is 20.0 Å². The Morgan fingerprint density at radius 3 is 2.82 bits per heavy atom. The number of hydrogen-bond acceptors (Lipinski definition) is 6. The highest BCUT2D eigenvalue weighted by molar-refractivity contribution is 7.18. The van der Waals surface area contributed by atoms with E-state index < -0.39 is 5.97 Å². The van der Waals surface area contributed by atoms with Gasteiger partial charge in [-0.15, -0.1) is 0 Å². The average Bonchev–Trinajstić information content (AvgIpc) is 2.69. The normalized spacial score (nSPS) is 9.82. The number of ether oxygens (including phenoxy) is 1. The summed E-state index contributed by atoms with van der Waals surface area (Å²) in [5, 5.41) is 5.99. The second-order valence-electron chi connectivity index (χ2n) is 2.98. The summed E-state index contributed by atoms with van der Waals surface area (Å²) in [6, 6.07) is 0. The number of nitrogens with one attached hydrogen (secondary N) is 2. The maximum Gasteiger partial charge on any atom is 0.351 e. The second-order valence-corrected chi connectivity index (χ2v) is 4.34. The minimum Gasteiger partial charge on any atom is -0.465 e. The third-order valence-electron chi connectivity index (χ3n) is 1.86. The molecule has 0 unspecified atom stereocenters. The van der Waals surface area contributed by atoms with Crippen molar-refractivity contribution >= 4 is 39.9 Å². The monoisotopic (exact) mass is 277 g/mol. The number of hydrogen-bond donors (Lipinski definition) is 2. The molecule has 0 aliphatic rings. The van der Waals surface area contributed by atoms with Gasteiger partial charge in [-0.05, 0) is 0 Å². The van der Waals surface area contributed by atoms with Crippen molar-refractivity contribution in [2.75, 3.05) is 26.0 Å². The van der Waals surface area contributed by atoms with Gasteiger partial charge in [-0.3, -0.25) is 4.79 Å². The molecule has 1 heterocycles. The maximum atomic E-state index is 11.2. The summed E-state index contributed by atoms with van der Waals surface area (Å²) in [5.74, 6) is -0.597. The van der Waals surface area contributed by atoms with Crippen molar-refractivity contribution in [2.24, 2.45) is 0 Å². The fraction of sp³-hybridized carbons (Fsp3) is 0.444. The van der Waals surface area contributed by atoms with Crippen molar-refractivity contribution in [1.29, 1.82) is 0 Å². The summed E-state index contributed by atoms with van der Waals surface area (Å²) in [7, 11) is 2.84. The van der Waals surface area contributed by atoms with E-state index in [1.807, 2.05) is 0 Å². The van der Waals surface area contributed by atoms with Gasteiger partial charge in [0.25, 0.3) is 0 Å². The SMILES string of the molecule is CNC(=O)CCNc1nc(Cl)c(C(=O)OC)s1. The Bertz CT molecular complexity index is 422. The Hall–Kier alpha value is -1.34. The molecule has 0 spiro atoms. The van der Waals surface area contributed by atoms with Crippen LogP contribution in [0, 0.1) is 0 Å². The number of methoxy groups -OCH3 is 1. The molecule has 94 valence electrons. The van der Waals surface area contributed by atoms with E-state index in [0.717, 1.165) is 11.3 Å². The third-order valence-corrected chi connectivity index (χ3v) is 3.24. The molecular formula is C9H12ClN3O3S. The van der Waals surface area contributed by atoms with Crippen LogP contribution in [0.2, 0.25) is 5.15 Å². The van der Waals surface area contributed by atoms with Crippen LogP contribution in [0.5, 0.6) is 0 Å². The van der Waals surface area contributed by atoms with Gasteiger partial charge in [-0.1, -0.05) is 22.9 Å². The minimum absolute atomic E-state index is 0.0756. The Morgan fingerprint density at radius 1 is 1.53 bits per heavy atom. The lowest BCUT2D eigenvalue weighted by Gasteiger charge is -2.00. The molecule has 0 aliphatic heterocycles. The zero-order valence-corrected chi connectivity index (χ0v) is 10.9. The largest absolute Gasteiger partial charge is 0.465 e. The van der Waals surface area contributed by atoms with Gasteiger partial charge in [0.1, 0.15) is 0 Å². The molecular weight excluding hydrogens is 266 g/mol. The summed E-state index contributed by atoms with van der Waals surface area (Å²) in [6.45, 7) is 0.421. The average molecular weight is 278 g/mol. The van der Waals surface area contributed by atoms with Gasteiger partial charge in [0.15, 0.2) is 15.2 Å². The third kappa shape index (κ3) is 3.86. The summed E-state index contributed by atoms with van der Waals surface area (Å²) < 4.78 is 4.55. The van der Waals surface area contributed by atoms with E-state index in [0.29, 0.717) is 18.1 Å². The van der Waals surface area contributed by atoms with Gasteiger partial charge in [-0.25, -0.2) is 9.78 Å². The molecule has 8 heteroatoms. The molecule has 17 heavy (non-hydrogen) atoms. The molecule has 0 radical (unpaired) electrons. The Labute approximate surface area is 107 Å². The molecule has 0 aliphatic carbocycles. The summed E-state index contributed by atoms with van der Waals surface area (Å²) in [4.78, 5) is 26.4. The quantitative estimate of drug-likeness (QED) is 0.789. The number of amides is 1. The number of aromatic nitrogens is 1.